The van der Waals surface area contributed by atoms with Crippen LogP contribution in [0, 0.1) is 28.6 Å². The van der Waals surface area contributed by atoms with Gasteiger partial charge in [-0.3, -0.25) is 0 Å². The Hall–Kier alpha value is -2.66. The number of nitrogens with zero attached hydrogens (tertiary/aromatic N) is 4. The quantitative estimate of drug-likeness (QED) is 0.421. The highest BCUT2D eigenvalue weighted by Gasteiger charge is 2.39. The first kappa shape index (κ1) is 26.4. The van der Waals surface area contributed by atoms with E-state index in [1.165, 1.54) is 24.0 Å². The van der Waals surface area contributed by atoms with Crippen molar-refractivity contribution in [2.45, 2.75) is 75.7 Å². The summed E-state index contributed by atoms with van der Waals surface area (Å²) in [7, 11) is 0. The zero-order valence-electron chi connectivity index (χ0n) is 22.2. The maximum atomic E-state index is 10.3. The van der Waals surface area contributed by atoms with Gasteiger partial charge in [0.15, 0.2) is 0 Å². The smallest absolute Gasteiger partial charge is 0.0848 e. The molecule has 36 heavy (non-hydrogen) atoms. The third-order valence-corrected chi connectivity index (χ3v) is 9.25. The molecule has 0 amide bonds. The van der Waals surface area contributed by atoms with Crippen molar-refractivity contribution in [2.75, 3.05) is 32.7 Å². The van der Waals surface area contributed by atoms with Crippen molar-refractivity contribution < 1.29 is 0 Å². The number of benzene rings is 2. The molecule has 2 saturated heterocycles. The molecule has 0 N–H and O–H groups in total. The molecule has 2 fully saturated rings. The summed E-state index contributed by atoms with van der Waals surface area (Å²) in [4.78, 5) is 5.25. The van der Waals surface area contributed by atoms with E-state index in [0.717, 1.165) is 64.8 Å². The van der Waals surface area contributed by atoms with E-state index < -0.39 is 5.41 Å². The lowest BCUT2D eigenvalue weighted by Gasteiger charge is -2.44. The van der Waals surface area contributed by atoms with Gasteiger partial charge >= 0.3 is 0 Å². The SMILES string of the molecule is CCC(C)C(C#N)(CCCN1CCC(N2CCC(C#N)(c3ccccc3)CC2)CC1)c1ccccc1. The lowest BCUT2D eigenvalue weighted by atomic mass is 9.68. The summed E-state index contributed by atoms with van der Waals surface area (Å²) in [6.07, 6.45) is 7.27. The van der Waals surface area contributed by atoms with Crippen LogP contribution in [-0.2, 0) is 10.8 Å². The predicted molar refractivity (Wildman–Crippen MR) is 146 cm³/mol. The Morgan fingerprint density at radius 1 is 0.944 bits per heavy atom. The number of likely N-dealkylation sites (tertiary alicyclic amines) is 2. The summed E-state index contributed by atoms with van der Waals surface area (Å²) < 4.78 is 0. The van der Waals surface area contributed by atoms with Crippen molar-refractivity contribution in [3.05, 3.63) is 71.8 Å². The largest absolute Gasteiger partial charge is 0.303 e. The molecule has 2 heterocycles. The summed E-state index contributed by atoms with van der Waals surface area (Å²) in [6, 6.07) is 26.9. The van der Waals surface area contributed by atoms with Gasteiger partial charge in [0.25, 0.3) is 0 Å². The normalized spacial score (nSPS) is 21.7. The van der Waals surface area contributed by atoms with Crippen LogP contribution in [0.2, 0.25) is 0 Å². The van der Waals surface area contributed by atoms with Gasteiger partial charge in [-0.2, -0.15) is 10.5 Å². The zero-order chi connectivity index (χ0) is 25.4. The lowest BCUT2D eigenvalue weighted by molar-refractivity contribution is 0.0769. The Balaban J connectivity index is 1.27. The fourth-order valence-corrected chi connectivity index (χ4v) is 6.57. The van der Waals surface area contributed by atoms with Crippen molar-refractivity contribution >= 4 is 0 Å². The first-order valence-electron chi connectivity index (χ1n) is 14.0. The first-order valence-corrected chi connectivity index (χ1v) is 14.0. The molecular formula is C32H42N4. The van der Waals surface area contributed by atoms with Crippen LogP contribution in [0.5, 0.6) is 0 Å². The second-order valence-electron chi connectivity index (χ2n) is 11.0. The Bertz CT molecular complexity index is 1020. The molecule has 2 aliphatic rings. The van der Waals surface area contributed by atoms with Crippen LogP contribution in [0.3, 0.4) is 0 Å². The maximum Gasteiger partial charge on any atom is 0.0848 e. The molecule has 2 atom stereocenters. The predicted octanol–water partition coefficient (Wildman–Crippen LogP) is 6.30. The number of hydrogen-bond donors (Lipinski definition) is 0. The van der Waals surface area contributed by atoms with Crippen molar-refractivity contribution in [1.29, 1.82) is 10.5 Å². The second kappa shape index (κ2) is 12.1. The van der Waals surface area contributed by atoms with Crippen molar-refractivity contribution in [1.82, 2.24) is 9.80 Å². The van der Waals surface area contributed by atoms with Crippen LogP contribution in [0.15, 0.2) is 60.7 Å². The van der Waals surface area contributed by atoms with E-state index in [1.807, 2.05) is 12.1 Å². The van der Waals surface area contributed by atoms with Crippen LogP contribution in [0.1, 0.15) is 69.9 Å². The van der Waals surface area contributed by atoms with Gasteiger partial charge < -0.3 is 9.80 Å². The molecule has 0 aromatic heterocycles. The average Bonchev–Trinajstić information content (AvgIpc) is 2.96. The van der Waals surface area contributed by atoms with E-state index in [1.54, 1.807) is 0 Å². The fourth-order valence-electron chi connectivity index (χ4n) is 6.57. The van der Waals surface area contributed by atoms with E-state index in [4.69, 9.17) is 0 Å². The van der Waals surface area contributed by atoms with Crippen molar-refractivity contribution in [3.63, 3.8) is 0 Å². The highest BCUT2D eigenvalue weighted by Crippen LogP contribution is 2.39. The van der Waals surface area contributed by atoms with Gasteiger partial charge in [0.05, 0.1) is 23.0 Å². The van der Waals surface area contributed by atoms with Gasteiger partial charge in [0.2, 0.25) is 0 Å². The Labute approximate surface area is 218 Å². The molecular weight excluding hydrogens is 440 g/mol. The molecule has 2 unspecified atom stereocenters. The topological polar surface area (TPSA) is 54.1 Å². The number of piperidine rings is 2. The minimum Gasteiger partial charge on any atom is -0.303 e. The fraction of sp³-hybridized carbons (Fsp3) is 0.562. The minimum absolute atomic E-state index is 0.319. The summed E-state index contributed by atoms with van der Waals surface area (Å²) in [6.45, 7) is 9.82. The van der Waals surface area contributed by atoms with E-state index in [-0.39, 0.29) is 5.41 Å². The van der Waals surface area contributed by atoms with Crippen LogP contribution in [-0.4, -0.2) is 48.6 Å². The molecule has 0 spiro atoms. The van der Waals surface area contributed by atoms with E-state index in [2.05, 4.69) is 84.3 Å². The number of nitriles is 2. The van der Waals surface area contributed by atoms with Gasteiger partial charge in [-0.25, -0.2) is 0 Å². The second-order valence-corrected chi connectivity index (χ2v) is 11.0. The molecule has 0 bridgehead atoms. The monoisotopic (exact) mass is 482 g/mol. The van der Waals surface area contributed by atoms with E-state index in [0.29, 0.717) is 12.0 Å². The van der Waals surface area contributed by atoms with Gasteiger partial charge in [-0.15, -0.1) is 0 Å². The molecule has 2 aliphatic heterocycles. The summed E-state index contributed by atoms with van der Waals surface area (Å²) in [5, 5.41) is 20.3. The molecule has 4 nitrogen and oxygen atoms in total. The third-order valence-electron chi connectivity index (χ3n) is 9.25. The third kappa shape index (κ3) is 5.51. The van der Waals surface area contributed by atoms with E-state index >= 15 is 0 Å². The molecule has 0 aliphatic carbocycles. The highest BCUT2D eigenvalue weighted by atomic mass is 15.2. The zero-order valence-corrected chi connectivity index (χ0v) is 22.2. The van der Waals surface area contributed by atoms with Crippen LogP contribution < -0.4 is 0 Å². The minimum atomic E-state index is -0.395. The Morgan fingerprint density at radius 3 is 2.11 bits per heavy atom. The van der Waals surface area contributed by atoms with Gasteiger partial charge in [-0.05, 0) is 75.2 Å². The van der Waals surface area contributed by atoms with Gasteiger partial charge in [0, 0.05) is 19.1 Å². The average molecular weight is 483 g/mol. The molecule has 2 aromatic carbocycles. The van der Waals surface area contributed by atoms with Gasteiger partial charge in [0.1, 0.15) is 0 Å². The maximum absolute atomic E-state index is 10.3. The molecule has 2 aromatic rings. The molecule has 0 radical (unpaired) electrons. The van der Waals surface area contributed by atoms with Crippen LogP contribution in [0.4, 0.5) is 0 Å². The molecule has 4 heteroatoms. The van der Waals surface area contributed by atoms with Crippen molar-refractivity contribution in [2.24, 2.45) is 5.92 Å². The van der Waals surface area contributed by atoms with Gasteiger partial charge in [-0.1, -0.05) is 80.9 Å². The first-order chi connectivity index (χ1) is 17.6. The molecule has 4 rings (SSSR count). The summed E-state index contributed by atoms with van der Waals surface area (Å²) >= 11 is 0. The lowest BCUT2D eigenvalue weighted by Crippen LogP contribution is -2.50. The standard InChI is InChI=1S/C32H42N4/c1-3-27(2)32(26-34,29-13-8-5-9-14-29)17-10-20-35-21-15-30(16-22-35)36-23-18-31(25-33,19-24-36)28-11-6-4-7-12-28/h4-9,11-14,27,30H,3,10,15-24H2,1-2H3. The molecule has 190 valence electrons. The highest BCUT2D eigenvalue weighted by molar-refractivity contribution is 5.34. The Morgan fingerprint density at radius 2 is 1.56 bits per heavy atom. The molecule has 0 saturated carbocycles. The van der Waals surface area contributed by atoms with Crippen molar-refractivity contribution in [3.8, 4) is 12.1 Å². The summed E-state index contributed by atoms with van der Waals surface area (Å²) in [5.41, 5.74) is 1.65. The number of rotatable bonds is 9. The van der Waals surface area contributed by atoms with Crippen LogP contribution in [0.25, 0.3) is 0 Å². The Kier molecular flexibility index (Phi) is 8.84. The number of hydrogen-bond acceptors (Lipinski definition) is 4. The summed E-state index contributed by atoms with van der Waals surface area (Å²) in [5.74, 6) is 0.339. The van der Waals surface area contributed by atoms with Crippen LogP contribution >= 0.6 is 0 Å². The van der Waals surface area contributed by atoms with E-state index in [9.17, 15) is 10.5 Å².